The Hall–Kier alpha value is -0.930. The molecule has 1 aliphatic heterocycles. The molecule has 0 aromatic carbocycles. The molecule has 3 nitrogen and oxygen atoms in total. The molecule has 1 aromatic rings. The molecule has 2 rings (SSSR count). The largest absolute Gasteiger partial charge is 0.310 e. The zero-order valence-corrected chi connectivity index (χ0v) is 11.8. The van der Waals surface area contributed by atoms with E-state index in [1.54, 1.807) is 0 Å². The predicted molar refractivity (Wildman–Crippen MR) is 75.5 cm³/mol. The molecule has 1 aliphatic rings. The van der Waals surface area contributed by atoms with Gasteiger partial charge in [-0.25, -0.2) is 0 Å². The average molecular weight is 247 g/mol. The molecule has 0 saturated carbocycles. The van der Waals surface area contributed by atoms with E-state index >= 15 is 0 Å². The number of aryl methyl sites for hydroxylation is 1. The Morgan fingerprint density at radius 1 is 1.39 bits per heavy atom. The van der Waals surface area contributed by atoms with Gasteiger partial charge in [0.1, 0.15) is 0 Å². The minimum atomic E-state index is 0.597. The van der Waals surface area contributed by atoms with Gasteiger partial charge < -0.3 is 10.2 Å². The summed E-state index contributed by atoms with van der Waals surface area (Å²) in [5.74, 6) is 0.819. The van der Waals surface area contributed by atoms with Crippen LogP contribution in [-0.2, 0) is 6.54 Å². The number of nitrogens with one attached hydrogen (secondary N) is 1. The molecular weight excluding hydrogens is 222 g/mol. The van der Waals surface area contributed by atoms with Gasteiger partial charge in [0.05, 0.1) is 0 Å². The summed E-state index contributed by atoms with van der Waals surface area (Å²) in [4.78, 5) is 6.76. The highest BCUT2D eigenvalue weighted by molar-refractivity contribution is 5.12. The summed E-state index contributed by atoms with van der Waals surface area (Å²) in [6.45, 7) is 7.75. The van der Waals surface area contributed by atoms with Crippen molar-refractivity contribution in [2.75, 3.05) is 20.1 Å². The molecule has 1 aromatic heterocycles. The highest BCUT2D eigenvalue weighted by atomic mass is 15.1. The highest BCUT2D eigenvalue weighted by Gasteiger charge is 2.21. The normalized spacial score (nSPS) is 19.9. The summed E-state index contributed by atoms with van der Waals surface area (Å²) in [6, 6.07) is 4.84. The Bertz CT molecular complexity index is 353. The number of pyridine rings is 1. The van der Waals surface area contributed by atoms with E-state index in [0.717, 1.165) is 18.2 Å². The van der Waals surface area contributed by atoms with Gasteiger partial charge in [-0.2, -0.15) is 0 Å². The van der Waals surface area contributed by atoms with Crippen molar-refractivity contribution in [3.8, 4) is 0 Å². The van der Waals surface area contributed by atoms with E-state index in [1.165, 1.54) is 31.5 Å². The van der Waals surface area contributed by atoms with Crippen LogP contribution in [0.25, 0.3) is 0 Å². The molecule has 18 heavy (non-hydrogen) atoms. The first-order valence-corrected chi connectivity index (χ1v) is 6.98. The van der Waals surface area contributed by atoms with Gasteiger partial charge in [0.25, 0.3) is 0 Å². The minimum absolute atomic E-state index is 0.597. The van der Waals surface area contributed by atoms with Crippen molar-refractivity contribution in [2.45, 2.75) is 39.3 Å². The van der Waals surface area contributed by atoms with Gasteiger partial charge in [-0.05, 0) is 64.4 Å². The summed E-state index contributed by atoms with van der Waals surface area (Å²) in [7, 11) is 2.21. The van der Waals surface area contributed by atoms with Crippen LogP contribution in [0, 0.1) is 12.8 Å². The number of rotatable bonds is 4. The number of nitrogens with zero attached hydrogens (tertiary/aromatic N) is 2. The molecule has 1 N–H and O–H groups in total. The Kier molecular flexibility index (Phi) is 4.72. The van der Waals surface area contributed by atoms with Crippen molar-refractivity contribution >= 4 is 0 Å². The third-order valence-corrected chi connectivity index (χ3v) is 4.07. The lowest BCUT2D eigenvalue weighted by atomic mass is 9.90. The molecule has 2 heterocycles. The van der Waals surface area contributed by atoms with Gasteiger partial charge >= 0.3 is 0 Å². The molecular formula is C15H25N3. The topological polar surface area (TPSA) is 28.2 Å². The Balaban J connectivity index is 1.77. The van der Waals surface area contributed by atoms with Crippen LogP contribution in [-0.4, -0.2) is 36.1 Å². The van der Waals surface area contributed by atoms with Crippen LogP contribution in [0.4, 0.5) is 0 Å². The van der Waals surface area contributed by atoms with Crippen molar-refractivity contribution in [1.29, 1.82) is 0 Å². The smallest absolute Gasteiger partial charge is 0.0372 e. The first-order chi connectivity index (χ1) is 8.65. The standard InChI is InChI=1S/C15H25N3/c1-12-4-5-14(10-16-12)11-17-13(2)15-6-8-18(3)9-7-15/h4-5,10,13,15,17H,6-9,11H2,1-3H3. The fraction of sp³-hybridized carbons (Fsp3) is 0.667. The van der Waals surface area contributed by atoms with Gasteiger partial charge in [-0.1, -0.05) is 6.07 Å². The number of hydrogen-bond acceptors (Lipinski definition) is 3. The molecule has 0 spiro atoms. The van der Waals surface area contributed by atoms with E-state index in [-0.39, 0.29) is 0 Å². The van der Waals surface area contributed by atoms with Crippen molar-refractivity contribution in [1.82, 2.24) is 15.2 Å². The second-order valence-corrected chi connectivity index (χ2v) is 5.62. The molecule has 0 aliphatic carbocycles. The second kappa shape index (κ2) is 6.30. The van der Waals surface area contributed by atoms with Gasteiger partial charge in [-0.3, -0.25) is 4.98 Å². The highest BCUT2D eigenvalue weighted by Crippen LogP contribution is 2.19. The lowest BCUT2D eigenvalue weighted by Gasteiger charge is -2.33. The summed E-state index contributed by atoms with van der Waals surface area (Å²) in [5.41, 5.74) is 2.36. The molecule has 0 radical (unpaired) electrons. The van der Waals surface area contributed by atoms with Gasteiger partial charge in [0, 0.05) is 24.5 Å². The maximum atomic E-state index is 4.33. The van der Waals surface area contributed by atoms with Crippen molar-refractivity contribution in [2.24, 2.45) is 5.92 Å². The summed E-state index contributed by atoms with van der Waals surface area (Å²) >= 11 is 0. The number of piperidine rings is 1. The average Bonchev–Trinajstić information content (AvgIpc) is 2.38. The fourth-order valence-corrected chi connectivity index (χ4v) is 2.58. The molecule has 3 heteroatoms. The monoisotopic (exact) mass is 247 g/mol. The predicted octanol–water partition coefficient (Wildman–Crippen LogP) is 2.21. The number of hydrogen-bond donors (Lipinski definition) is 1. The Morgan fingerprint density at radius 3 is 2.72 bits per heavy atom. The minimum Gasteiger partial charge on any atom is -0.310 e. The van der Waals surface area contributed by atoms with E-state index < -0.39 is 0 Å². The molecule has 100 valence electrons. The van der Waals surface area contributed by atoms with Gasteiger partial charge in [-0.15, -0.1) is 0 Å². The lowest BCUT2D eigenvalue weighted by molar-refractivity contribution is 0.189. The fourth-order valence-electron chi connectivity index (χ4n) is 2.58. The third-order valence-electron chi connectivity index (χ3n) is 4.07. The van der Waals surface area contributed by atoms with Crippen LogP contribution in [0.15, 0.2) is 18.3 Å². The molecule has 1 fully saturated rings. The molecule has 0 amide bonds. The van der Waals surface area contributed by atoms with E-state index in [2.05, 4.69) is 41.3 Å². The number of likely N-dealkylation sites (tertiary alicyclic amines) is 1. The van der Waals surface area contributed by atoms with Gasteiger partial charge in [0.2, 0.25) is 0 Å². The van der Waals surface area contributed by atoms with Crippen molar-refractivity contribution < 1.29 is 0 Å². The first kappa shape index (κ1) is 13.5. The van der Waals surface area contributed by atoms with E-state index in [9.17, 15) is 0 Å². The SMILES string of the molecule is Cc1ccc(CNC(C)C2CCN(C)CC2)cn1. The van der Waals surface area contributed by atoms with E-state index in [1.807, 2.05) is 13.1 Å². The van der Waals surface area contributed by atoms with Crippen LogP contribution in [0.3, 0.4) is 0 Å². The molecule has 1 atom stereocenters. The van der Waals surface area contributed by atoms with Crippen molar-refractivity contribution in [3.63, 3.8) is 0 Å². The zero-order chi connectivity index (χ0) is 13.0. The van der Waals surface area contributed by atoms with Gasteiger partial charge in [0.15, 0.2) is 0 Å². The summed E-state index contributed by atoms with van der Waals surface area (Å²) < 4.78 is 0. The summed E-state index contributed by atoms with van der Waals surface area (Å²) in [5, 5.41) is 3.64. The summed E-state index contributed by atoms with van der Waals surface area (Å²) in [6.07, 6.45) is 4.61. The van der Waals surface area contributed by atoms with Crippen LogP contribution in [0.2, 0.25) is 0 Å². The molecule has 0 bridgehead atoms. The number of aromatic nitrogens is 1. The van der Waals surface area contributed by atoms with Crippen LogP contribution in [0.1, 0.15) is 31.0 Å². The second-order valence-electron chi connectivity index (χ2n) is 5.62. The molecule has 1 saturated heterocycles. The zero-order valence-electron chi connectivity index (χ0n) is 11.8. The van der Waals surface area contributed by atoms with E-state index in [4.69, 9.17) is 0 Å². The Labute approximate surface area is 111 Å². The maximum Gasteiger partial charge on any atom is 0.0372 e. The van der Waals surface area contributed by atoms with Crippen molar-refractivity contribution in [3.05, 3.63) is 29.6 Å². The Morgan fingerprint density at radius 2 is 2.11 bits per heavy atom. The quantitative estimate of drug-likeness (QED) is 0.884. The third kappa shape index (κ3) is 3.79. The van der Waals surface area contributed by atoms with Crippen LogP contribution < -0.4 is 5.32 Å². The maximum absolute atomic E-state index is 4.33. The van der Waals surface area contributed by atoms with Crippen LogP contribution >= 0.6 is 0 Å². The van der Waals surface area contributed by atoms with E-state index in [0.29, 0.717) is 6.04 Å². The van der Waals surface area contributed by atoms with Crippen LogP contribution in [0.5, 0.6) is 0 Å². The first-order valence-electron chi connectivity index (χ1n) is 6.98. The molecule has 1 unspecified atom stereocenters. The lowest BCUT2D eigenvalue weighted by Crippen LogP contribution is -2.40.